The summed E-state index contributed by atoms with van der Waals surface area (Å²) in [6.45, 7) is 5.62. The van der Waals surface area contributed by atoms with Crippen molar-refractivity contribution in [3.63, 3.8) is 0 Å². The molecular formula is C21H20ClNO4S. The predicted octanol–water partition coefficient (Wildman–Crippen LogP) is 5.58. The number of aryl methyl sites for hydroxylation is 1. The number of hydrogen-bond acceptors (Lipinski definition) is 5. The van der Waals surface area contributed by atoms with Crippen molar-refractivity contribution in [1.82, 2.24) is 0 Å². The summed E-state index contributed by atoms with van der Waals surface area (Å²) in [4.78, 5) is 24.1. The number of carbonyl (C=O) groups is 2. The largest absolute Gasteiger partial charge is 0.487 e. The van der Waals surface area contributed by atoms with Crippen molar-refractivity contribution in [2.45, 2.75) is 27.4 Å². The van der Waals surface area contributed by atoms with Gasteiger partial charge in [0.15, 0.2) is 0 Å². The topological polar surface area (TPSA) is 64.6 Å². The minimum atomic E-state index is -0.474. The number of nitrogens with one attached hydrogen (secondary N) is 1. The van der Waals surface area contributed by atoms with Crippen molar-refractivity contribution >= 4 is 49.9 Å². The van der Waals surface area contributed by atoms with Crippen molar-refractivity contribution in [2.75, 3.05) is 11.9 Å². The summed E-state index contributed by atoms with van der Waals surface area (Å²) in [5.74, 6) is -0.0738. The van der Waals surface area contributed by atoms with E-state index in [0.29, 0.717) is 33.3 Å². The molecule has 0 aliphatic rings. The quantitative estimate of drug-likeness (QED) is 0.532. The summed E-state index contributed by atoms with van der Waals surface area (Å²) >= 11 is 7.52. The Morgan fingerprint density at radius 2 is 1.93 bits per heavy atom. The third-order valence-corrected chi connectivity index (χ3v) is 5.60. The van der Waals surface area contributed by atoms with Crippen LogP contribution in [-0.2, 0) is 16.1 Å². The zero-order valence-electron chi connectivity index (χ0n) is 15.8. The summed E-state index contributed by atoms with van der Waals surface area (Å²) in [5.41, 5.74) is 2.13. The van der Waals surface area contributed by atoms with Gasteiger partial charge in [-0.2, -0.15) is 0 Å². The first-order chi connectivity index (χ1) is 13.4. The van der Waals surface area contributed by atoms with Crippen LogP contribution in [0.4, 0.5) is 5.00 Å². The average Bonchev–Trinajstić information content (AvgIpc) is 2.99. The third-order valence-electron chi connectivity index (χ3n) is 4.11. The molecule has 1 heterocycles. The smallest absolute Gasteiger partial charge is 0.341 e. The van der Waals surface area contributed by atoms with E-state index in [2.05, 4.69) is 5.32 Å². The number of benzene rings is 2. The number of halogens is 1. The number of amides is 1. The van der Waals surface area contributed by atoms with Gasteiger partial charge >= 0.3 is 5.97 Å². The molecule has 0 aliphatic carbocycles. The van der Waals surface area contributed by atoms with Gasteiger partial charge < -0.3 is 14.8 Å². The molecule has 0 atom stereocenters. The fourth-order valence-electron chi connectivity index (χ4n) is 2.83. The number of ether oxygens (including phenoxy) is 2. The highest BCUT2D eigenvalue weighted by Crippen LogP contribution is 2.43. The normalized spacial score (nSPS) is 10.7. The Morgan fingerprint density at radius 3 is 2.61 bits per heavy atom. The Morgan fingerprint density at radius 1 is 1.18 bits per heavy atom. The van der Waals surface area contributed by atoms with Gasteiger partial charge in [-0.1, -0.05) is 41.9 Å². The van der Waals surface area contributed by atoms with Crippen molar-refractivity contribution in [2.24, 2.45) is 0 Å². The fourth-order valence-corrected chi connectivity index (χ4v) is 4.31. The molecule has 3 aromatic rings. The lowest BCUT2D eigenvalue weighted by Crippen LogP contribution is -2.10. The summed E-state index contributed by atoms with van der Waals surface area (Å²) < 4.78 is 12.1. The van der Waals surface area contributed by atoms with Gasteiger partial charge in [0.25, 0.3) is 0 Å². The summed E-state index contributed by atoms with van der Waals surface area (Å²) in [6.07, 6.45) is 0. The molecule has 0 bridgehead atoms. The SMILES string of the molecule is CCOC(=O)c1c(NC(C)=O)sc2c(OCc3ccccc3Cl)c(C)ccc12. The monoisotopic (exact) mass is 417 g/mol. The molecule has 0 aliphatic heterocycles. The number of carbonyl (C=O) groups excluding carboxylic acids is 2. The van der Waals surface area contributed by atoms with Crippen molar-refractivity contribution < 1.29 is 19.1 Å². The Kier molecular flexibility index (Phi) is 6.21. The maximum Gasteiger partial charge on any atom is 0.341 e. The number of fused-ring (bicyclic) bond motifs is 1. The molecular weight excluding hydrogens is 398 g/mol. The van der Waals surface area contributed by atoms with Crippen LogP contribution in [0.15, 0.2) is 36.4 Å². The van der Waals surface area contributed by atoms with E-state index in [-0.39, 0.29) is 12.5 Å². The van der Waals surface area contributed by atoms with E-state index in [4.69, 9.17) is 21.1 Å². The maximum absolute atomic E-state index is 12.5. The molecule has 7 heteroatoms. The van der Waals surface area contributed by atoms with Crippen molar-refractivity contribution in [3.8, 4) is 5.75 Å². The van der Waals surface area contributed by atoms with Gasteiger partial charge in [0, 0.05) is 22.9 Å². The Labute approximate surface area is 172 Å². The second-order valence-electron chi connectivity index (χ2n) is 6.18. The highest BCUT2D eigenvalue weighted by molar-refractivity contribution is 7.23. The Balaban J connectivity index is 2.07. The van der Waals surface area contributed by atoms with Crippen LogP contribution in [0, 0.1) is 6.92 Å². The van der Waals surface area contributed by atoms with E-state index in [0.717, 1.165) is 15.8 Å². The Hall–Kier alpha value is -2.57. The summed E-state index contributed by atoms with van der Waals surface area (Å²) in [5, 5.41) is 4.50. The zero-order valence-corrected chi connectivity index (χ0v) is 17.4. The van der Waals surface area contributed by atoms with Crippen LogP contribution in [0.3, 0.4) is 0 Å². The Bertz CT molecular complexity index is 1040. The number of anilines is 1. The minimum Gasteiger partial charge on any atom is -0.487 e. The number of hydrogen-bond donors (Lipinski definition) is 1. The first-order valence-electron chi connectivity index (χ1n) is 8.79. The van der Waals surface area contributed by atoms with Crippen LogP contribution in [0.5, 0.6) is 5.75 Å². The molecule has 146 valence electrons. The molecule has 28 heavy (non-hydrogen) atoms. The van der Waals surface area contributed by atoms with E-state index >= 15 is 0 Å². The number of rotatable bonds is 6. The molecule has 0 saturated heterocycles. The predicted molar refractivity (Wildman–Crippen MR) is 113 cm³/mol. The van der Waals surface area contributed by atoms with Gasteiger partial charge in [-0.05, 0) is 25.5 Å². The second-order valence-corrected chi connectivity index (χ2v) is 7.60. The first-order valence-corrected chi connectivity index (χ1v) is 9.98. The van der Waals surface area contributed by atoms with Crippen LogP contribution >= 0.6 is 22.9 Å². The number of thiophene rings is 1. The summed E-state index contributed by atoms with van der Waals surface area (Å²) in [6, 6.07) is 11.2. The molecule has 5 nitrogen and oxygen atoms in total. The highest BCUT2D eigenvalue weighted by Gasteiger charge is 2.24. The van der Waals surface area contributed by atoms with E-state index in [1.807, 2.05) is 43.3 Å². The molecule has 1 amide bonds. The fraction of sp³-hybridized carbons (Fsp3) is 0.238. The van der Waals surface area contributed by atoms with Crippen LogP contribution in [-0.4, -0.2) is 18.5 Å². The highest BCUT2D eigenvalue weighted by atomic mass is 35.5. The molecule has 3 rings (SSSR count). The van der Waals surface area contributed by atoms with E-state index in [9.17, 15) is 9.59 Å². The molecule has 0 fully saturated rings. The van der Waals surface area contributed by atoms with E-state index in [1.54, 1.807) is 6.92 Å². The maximum atomic E-state index is 12.5. The molecule has 0 spiro atoms. The molecule has 0 saturated carbocycles. The lowest BCUT2D eigenvalue weighted by molar-refractivity contribution is -0.114. The lowest BCUT2D eigenvalue weighted by Gasteiger charge is -2.11. The molecule has 1 aromatic heterocycles. The first kappa shape index (κ1) is 20.2. The van der Waals surface area contributed by atoms with Crippen molar-refractivity contribution in [1.29, 1.82) is 0 Å². The summed E-state index contributed by atoms with van der Waals surface area (Å²) in [7, 11) is 0. The van der Waals surface area contributed by atoms with Gasteiger partial charge in [-0.3, -0.25) is 4.79 Å². The zero-order chi connectivity index (χ0) is 20.3. The second kappa shape index (κ2) is 8.63. The lowest BCUT2D eigenvalue weighted by atomic mass is 10.1. The van der Waals surface area contributed by atoms with E-state index < -0.39 is 5.97 Å². The van der Waals surface area contributed by atoms with Gasteiger partial charge in [0.1, 0.15) is 22.9 Å². The molecule has 0 unspecified atom stereocenters. The van der Waals surface area contributed by atoms with Crippen molar-refractivity contribution in [3.05, 3.63) is 58.1 Å². The standard InChI is InChI=1S/C21H20ClNO4S/c1-4-26-21(25)17-15-10-9-12(2)18(19(15)28-20(17)23-13(3)24)27-11-14-7-5-6-8-16(14)22/h5-10H,4,11H2,1-3H3,(H,23,24). The van der Waals surface area contributed by atoms with E-state index in [1.165, 1.54) is 18.3 Å². The third kappa shape index (κ3) is 4.13. The molecule has 2 aromatic carbocycles. The van der Waals surface area contributed by atoms with Gasteiger partial charge in [0.2, 0.25) is 5.91 Å². The molecule has 0 radical (unpaired) electrons. The van der Waals surface area contributed by atoms with Gasteiger partial charge in [-0.15, -0.1) is 11.3 Å². The van der Waals surface area contributed by atoms with Gasteiger partial charge in [-0.25, -0.2) is 4.79 Å². The van der Waals surface area contributed by atoms with Crippen LogP contribution in [0.2, 0.25) is 5.02 Å². The van der Waals surface area contributed by atoms with Crippen LogP contribution in [0.25, 0.3) is 10.1 Å². The average molecular weight is 418 g/mol. The number of esters is 1. The minimum absolute atomic E-state index is 0.247. The van der Waals surface area contributed by atoms with Crippen LogP contribution < -0.4 is 10.1 Å². The van der Waals surface area contributed by atoms with Crippen LogP contribution in [0.1, 0.15) is 35.3 Å². The van der Waals surface area contributed by atoms with Gasteiger partial charge in [0.05, 0.1) is 11.3 Å². The molecule has 1 N–H and O–H groups in total.